The lowest BCUT2D eigenvalue weighted by Gasteiger charge is -2.23. The van der Waals surface area contributed by atoms with Gasteiger partial charge in [0.15, 0.2) is 5.82 Å². The highest BCUT2D eigenvalue weighted by atomic mass is 19.1. The third kappa shape index (κ3) is 3.04. The van der Waals surface area contributed by atoms with Gasteiger partial charge in [-0.15, -0.1) is 0 Å². The zero-order valence-corrected chi connectivity index (χ0v) is 11.3. The predicted octanol–water partition coefficient (Wildman–Crippen LogP) is 2.78. The van der Waals surface area contributed by atoms with Crippen molar-refractivity contribution in [3.63, 3.8) is 0 Å². The second kappa shape index (κ2) is 5.71. The van der Waals surface area contributed by atoms with Crippen molar-refractivity contribution in [3.8, 4) is 0 Å². The van der Waals surface area contributed by atoms with Gasteiger partial charge in [0, 0.05) is 18.4 Å². The van der Waals surface area contributed by atoms with Crippen LogP contribution in [0, 0.1) is 5.82 Å². The first-order chi connectivity index (χ1) is 9.70. The van der Waals surface area contributed by atoms with E-state index < -0.39 is 0 Å². The first-order valence-corrected chi connectivity index (χ1v) is 7.03. The normalized spacial score (nSPS) is 22.9. The fourth-order valence-corrected chi connectivity index (χ4v) is 2.74. The Hall–Kier alpha value is -1.75. The highest BCUT2D eigenvalue weighted by Crippen LogP contribution is 2.31. The number of nitrogens with zero attached hydrogens (tertiary/aromatic N) is 2. The van der Waals surface area contributed by atoms with Crippen LogP contribution in [0.1, 0.15) is 48.9 Å². The summed E-state index contributed by atoms with van der Waals surface area (Å²) in [6.07, 6.45) is 4.72. The fourth-order valence-electron chi connectivity index (χ4n) is 2.74. The lowest BCUT2D eigenvalue weighted by atomic mass is 9.86. The van der Waals surface area contributed by atoms with Gasteiger partial charge >= 0.3 is 0 Å². The van der Waals surface area contributed by atoms with Gasteiger partial charge in [-0.05, 0) is 37.0 Å². The van der Waals surface area contributed by atoms with Gasteiger partial charge in [0.05, 0.1) is 0 Å². The van der Waals surface area contributed by atoms with Gasteiger partial charge in [-0.3, -0.25) is 0 Å². The summed E-state index contributed by atoms with van der Waals surface area (Å²) in [5.74, 6) is 1.38. The molecule has 1 aliphatic carbocycles. The minimum Gasteiger partial charge on any atom is -0.339 e. The SMILES string of the molecule is NC1CCCC(c2nc(Cc3ccc(F)cc3)no2)C1. The van der Waals surface area contributed by atoms with E-state index in [9.17, 15) is 4.39 Å². The minimum absolute atomic E-state index is 0.237. The van der Waals surface area contributed by atoms with Gasteiger partial charge in [0.25, 0.3) is 0 Å². The van der Waals surface area contributed by atoms with Crippen LogP contribution in [0.3, 0.4) is 0 Å². The van der Waals surface area contributed by atoms with Crippen LogP contribution in [0.2, 0.25) is 0 Å². The summed E-state index contributed by atoms with van der Waals surface area (Å²) in [6.45, 7) is 0. The Morgan fingerprint density at radius 1 is 1.25 bits per heavy atom. The van der Waals surface area contributed by atoms with Crippen LogP contribution in [-0.2, 0) is 6.42 Å². The highest BCUT2D eigenvalue weighted by molar-refractivity contribution is 5.19. The smallest absolute Gasteiger partial charge is 0.229 e. The van der Waals surface area contributed by atoms with E-state index in [1.165, 1.54) is 12.1 Å². The largest absolute Gasteiger partial charge is 0.339 e. The van der Waals surface area contributed by atoms with E-state index in [2.05, 4.69) is 10.1 Å². The molecule has 1 aromatic carbocycles. The number of hydrogen-bond donors (Lipinski definition) is 1. The van der Waals surface area contributed by atoms with Gasteiger partial charge in [0.1, 0.15) is 5.82 Å². The van der Waals surface area contributed by atoms with E-state index in [0.29, 0.717) is 18.1 Å². The number of hydrogen-bond acceptors (Lipinski definition) is 4. The van der Waals surface area contributed by atoms with Gasteiger partial charge in [0.2, 0.25) is 5.89 Å². The Balaban J connectivity index is 1.68. The molecule has 3 rings (SSSR count). The van der Waals surface area contributed by atoms with E-state index in [0.717, 1.165) is 31.2 Å². The molecule has 1 aromatic heterocycles. The third-order valence-electron chi connectivity index (χ3n) is 3.82. The summed E-state index contributed by atoms with van der Waals surface area (Å²) in [5.41, 5.74) is 6.95. The Kier molecular flexibility index (Phi) is 3.78. The van der Waals surface area contributed by atoms with Crippen molar-refractivity contribution >= 4 is 0 Å². The molecular weight excluding hydrogens is 257 g/mol. The lowest BCUT2D eigenvalue weighted by Crippen LogP contribution is -2.26. The van der Waals surface area contributed by atoms with Crippen molar-refractivity contribution < 1.29 is 8.91 Å². The molecule has 106 valence electrons. The quantitative estimate of drug-likeness (QED) is 0.935. The molecule has 2 aromatic rings. The maximum Gasteiger partial charge on any atom is 0.229 e. The standard InChI is InChI=1S/C15H18FN3O/c16-12-6-4-10(5-7-12)8-14-18-15(20-19-14)11-2-1-3-13(17)9-11/h4-7,11,13H,1-3,8-9,17H2. The van der Waals surface area contributed by atoms with Gasteiger partial charge in [-0.2, -0.15) is 4.98 Å². The van der Waals surface area contributed by atoms with E-state index >= 15 is 0 Å². The molecule has 4 nitrogen and oxygen atoms in total. The molecule has 0 aliphatic heterocycles. The monoisotopic (exact) mass is 275 g/mol. The third-order valence-corrected chi connectivity index (χ3v) is 3.82. The summed E-state index contributed by atoms with van der Waals surface area (Å²) >= 11 is 0. The van der Waals surface area contributed by atoms with Gasteiger partial charge < -0.3 is 10.3 Å². The second-order valence-corrected chi connectivity index (χ2v) is 5.48. The first-order valence-electron chi connectivity index (χ1n) is 7.03. The summed E-state index contributed by atoms with van der Waals surface area (Å²) in [7, 11) is 0. The Bertz CT molecular complexity index is 567. The zero-order valence-electron chi connectivity index (χ0n) is 11.3. The second-order valence-electron chi connectivity index (χ2n) is 5.48. The fraction of sp³-hybridized carbons (Fsp3) is 0.467. The Labute approximate surface area is 117 Å². The zero-order chi connectivity index (χ0) is 13.9. The molecule has 0 bridgehead atoms. The Morgan fingerprint density at radius 2 is 2.05 bits per heavy atom. The van der Waals surface area contributed by atoms with E-state index in [1.54, 1.807) is 12.1 Å². The lowest BCUT2D eigenvalue weighted by molar-refractivity contribution is 0.297. The molecule has 1 fully saturated rings. The van der Waals surface area contributed by atoms with Gasteiger partial charge in [-0.1, -0.05) is 23.7 Å². The predicted molar refractivity (Wildman–Crippen MR) is 72.7 cm³/mol. The van der Waals surface area contributed by atoms with Crippen LogP contribution in [0.25, 0.3) is 0 Å². The topological polar surface area (TPSA) is 64.9 Å². The molecule has 2 atom stereocenters. The van der Waals surface area contributed by atoms with Crippen molar-refractivity contribution in [2.45, 2.75) is 44.1 Å². The van der Waals surface area contributed by atoms with E-state index in [1.807, 2.05) is 0 Å². The number of benzene rings is 1. The van der Waals surface area contributed by atoms with Crippen LogP contribution in [0.4, 0.5) is 4.39 Å². The number of rotatable bonds is 3. The molecule has 0 saturated heterocycles. The molecule has 20 heavy (non-hydrogen) atoms. The number of halogens is 1. The molecule has 5 heteroatoms. The van der Waals surface area contributed by atoms with Crippen molar-refractivity contribution in [3.05, 3.63) is 47.4 Å². The van der Waals surface area contributed by atoms with E-state index in [-0.39, 0.29) is 17.8 Å². The maximum atomic E-state index is 12.8. The average Bonchev–Trinajstić information content (AvgIpc) is 2.90. The van der Waals surface area contributed by atoms with Crippen LogP contribution >= 0.6 is 0 Å². The van der Waals surface area contributed by atoms with Crippen LogP contribution < -0.4 is 5.73 Å². The highest BCUT2D eigenvalue weighted by Gasteiger charge is 2.25. The molecule has 2 N–H and O–H groups in total. The van der Waals surface area contributed by atoms with Crippen molar-refractivity contribution in [2.24, 2.45) is 5.73 Å². The molecule has 1 saturated carbocycles. The van der Waals surface area contributed by atoms with E-state index in [4.69, 9.17) is 10.3 Å². The summed E-state index contributed by atoms with van der Waals surface area (Å²) in [5, 5.41) is 4.01. The minimum atomic E-state index is -0.237. The number of nitrogens with two attached hydrogens (primary N) is 1. The Morgan fingerprint density at radius 3 is 2.80 bits per heavy atom. The summed E-state index contributed by atoms with van der Waals surface area (Å²) in [6, 6.07) is 6.60. The van der Waals surface area contributed by atoms with Crippen molar-refractivity contribution in [2.75, 3.05) is 0 Å². The summed E-state index contributed by atoms with van der Waals surface area (Å²) in [4.78, 5) is 4.46. The maximum absolute atomic E-state index is 12.8. The van der Waals surface area contributed by atoms with Gasteiger partial charge in [-0.25, -0.2) is 4.39 Å². The molecule has 0 amide bonds. The molecule has 0 radical (unpaired) electrons. The molecule has 1 aliphatic rings. The van der Waals surface area contributed by atoms with Crippen molar-refractivity contribution in [1.82, 2.24) is 10.1 Å². The summed E-state index contributed by atoms with van der Waals surface area (Å²) < 4.78 is 18.2. The van der Waals surface area contributed by atoms with Crippen LogP contribution in [-0.4, -0.2) is 16.2 Å². The first kappa shape index (κ1) is 13.2. The van der Waals surface area contributed by atoms with Crippen LogP contribution in [0.5, 0.6) is 0 Å². The average molecular weight is 275 g/mol. The van der Waals surface area contributed by atoms with Crippen molar-refractivity contribution in [1.29, 1.82) is 0 Å². The number of aromatic nitrogens is 2. The van der Waals surface area contributed by atoms with Crippen LogP contribution in [0.15, 0.2) is 28.8 Å². The molecule has 0 spiro atoms. The molecule has 2 unspecified atom stereocenters. The molecule has 1 heterocycles. The molecular formula is C15H18FN3O.